The molecule has 3 N–H and O–H groups in total. The molecule has 6 nitrogen and oxygen atoms in total. The van der Waals surface area contributed by atoms with E-state index < -0.39 is 0 Å². The standard InChI is InChI=1S/C22H16N4O2/c27-21(14-7-10-17-15(11-14)12-23-22(17)28)24-16-8-5-13(6-9-16)20-25-18-3-1-2-4-19(18)26-20/h1-11H,12H2,(H,23,28)(H,24,27)(H,25,26). The lowest BCUT2D eigenvalue weighted by Crippen LogP contribution is -2.12. The van der Waals surface area contributed by atoms with Crippen molar-refractivity contribution in [1.82, 2.24) is 15.3 Å². The van der Waals surface area contributed by atoms with Crippen LogP contribution in [0.4, 0.5) is 5.69 Å². The number of hydrogen-bond donors (Lipinski definition) is 3. The van der Waals surface area contributed by atoms with Crippen molar-refractivity contribution in [3.63, 3.8) is 0 Å². The number of hydrogen-bond acceptors (Lipinski definition) is 3. The molecule has 0 aliphatic carbocycles. The maximum Gasteiger partial charge on any atom is 0.255 e. The average Bonchev–Trinajstić information content (AvgIpc) is 3.32. The van der Waals surface area contributed by atoms with E-state index in [-0.39, 0.29) is 11.8 Å². The number of aromatic nitrogens is 2. The lowest BCUT2D eigenvalue weighted by atomic mass is 10.1. The largest absolute Gasteiger partial charge is 0.348 e. The van der Waals surface area contributed by atoms with Crippen molar-refractivity contribution in [3.8, 4) is 11.4 Å². The monoisotopic (exact) mass is 368 g/mol. The SMILES string of the molecule is O=C(Nc1ccc(-c2nc3ccccc3[nH]2)cc1)c1ccc2c(c1)CNC2=O. The fraction of sp³-hybridized carbons (Fsp3) is 0.0455. The maximum absolute atomic E-state index is 12.5. The molecule has 28 heavy (non-hydrogen) atoms. The first-order chi connectivity index (χ1) is 13.7. The second-order valence-electron chi connectivity index (χ2n) is 6.69. The molecule has 6 heteroatoms. The number of para-hydroxylation sites is 2. The Labute approximate surface area is 160 Å². The summed E-state index contributed by atoms with van der Waals surface area (Å²) < 4.78 is 0. The first-order valence-electron chi connectivity index (χ1n) is 8.95. The van der Waals surface area contributed by atoms with Gasteiger partial charge in [0.15, 0.2) is 0 Å². The van der Waals surface area contributed by atoms with E-state index in [1.54, 1.807) is 18.2 Å². The molecule has 0 fully saturated rings. The predicted molar refractivity (Wildman–Crippen MR) is 107 cm³/mol. The lowest BCUT2D eigenvalue weighted by molar-refractivity contribution is 0.0964. The Morgan fingerprint density at radius 2 is 1.82 bits per heavy atom. The van der Waals surface area contributed by atoms with E-state index >= 15 is 0 Å². The van der Waals surface area contributed by atoms with Gasteiger partial charge >= 0.3 is 0 Å². The van der Waals surface area contributed by atoms with E-state index in [1.807, 2.05) is 48.5 Å². The third kappa shape index (κ3) is 2.81. The molecule has 0 unspecified atom stereocenters. The van der Waals surface area contributed by atoms with Gasteiger partial charge in [0.1, 0.15) is 5.82 Å². The Balaban J connectivity index is 1.35. The van der Waals surface area contributed by atoms with E-state index in [0.29, 0.717) is 23.4 Å². The van der Waals surface area contributed by atoms with Gasteiger partial charge in [-0.1, -0.05) is 12.1 Å². The first-order valence-corrected chi connectivity index (χ1v) is 8.95. The maximum atomic E-state index is 12.5. The van der Waals surface area contributed by atoms with Crippen molar-refractivity contribution in [2.75, 3.05) is 5.32 Å². The summed E-state index contributed by atoms with van der Waals surface area (Å²) in [5.74, 6) is 0.483. The van der Waals surface area contributed by atoms with Gasteiger partial charge in [-0.25, -0.2) is 4.98 Å². The molecule has 0 saturated heterocycles. The molecule has 0 bridgehead atoms. The Bertz CT molecular complexity index is 1190. The number of H-pyrrole nitrogens is 1. The minimum Gasteiger partial charge on any atom is -0.348 e. The molecule has 2 amide bonds. The van der Waals surface area contributed by atoms with Crippen LogP contribution in [0.1, 0.15) is 26.3 Å². The quantitative estimate of drug-likeness (QED) is 0.515. The molecule has 5 rings (SSSR count). The van der Waals surface area contributed by atoms with E-state index in [1.165, 1.54) is 0 Å². The molecule has 0 atom stereocenters. The molecular formula is C22H16N4O2. The number of aromatic amines is 1. The summed E-state index contributed by atoms with van der Waals surface area (Å²) in [7, 11) is 0. The van der Waals surface area contributed by atoms with Gasteiger partial charge in [0.2, 0.25) is 0 Å². The zero-order chi connectivity index (χ0) is 19.1. The Morgan fingerprint density at radius 3 is 2.64 bits per heavy atom. The summed E-state index contributed by atoms with van der Waals surface area (Å²) in [5, 5.41) is 5.64. The van der Waals surface area contributed by atoms with Crippen LogP contribution in [-0.2, 0) is 6.54 Å². The van der Waals surface area contributed by atoms with E-state index in [9.17, 15) is 9.59 Å². The second kappa shape index (κ2) is 6.35. The van der Waals surface area contributed by atoms with Crippen LogP contribution in [0.25, 0.3) is 22.4 Å². The number of amides is 2. The first kappa shape index (κ1) is 16.3. The number of carbonyl (C=O) groups excluding carboxylic acids is 2. The molecule has 0 radical (unpaired) electrons. The highest BCUT2D eigenvalue weighted by molar-refractivity contribution is 6.06. The summed E-state index contributed by atoms with van der Waals surface area (Å²) in [6.07, 6.45) is 0. The van der Waals surface area contributed by atoms with Gasteiger partial charge in [0, 0.05) is 28.9 Å². The van der Waals surface area contributed by atoms with Gasteiger partial charge in [-0.2, -0.15) is 0 Å². The van der Waals surface area contributed by atoms with Gasteiger partial charge in [-0.05, 0) is 60.2 Å². The summed E-state index contributed by atoms with van der Waals surface area (Å²) >= 11 is 0. The molecule has 136 valence electrons. The number of imidazole rings is 1. The molecular weight excluding hydrogens is 352 g/mol. The van der Waals surface area contributed by atoms with Crippen LogP contribution in [0.2, 0.25) is 0 Å². The predicted octanol–water partition coefficient (Wildman–Crippen LogP) is 3.73. The molecule has 1 aromatic heterocycles. The van der Waals surface area contributed by atoms with E-state index in [2.05, 4.69) is 20.6 Å². The number of fused-ring (bicyclic) bond motifs is 2. The number of anilines is 1. The molecule has 0 spiro atoms. The minimum absolute atomic E-state index is 0.0943. The van der Waals surface area contributed by atoms with Gasteiger partial charge < -0.3 is 15.6 Å². The Morgan fingerprint density at radius 1 is 1.00 bits per heavy atom. The molecule has 3 aromatic carbocycles. The van der Waals surface area contributed by atoms with Crippen LogP contribution >= 0.6 is 0 Å². The summed E-state index contributed by atoms with van der Waals surface area (Å²) in [6.45, 7) is 0.460. The van der Waals surface area contributed by atoms with Crippen LogP contribution in [-0.4, -0.2) is 21.8 Å². The number of carbonyl (C=O) groups is 2. The average molecular weight is 368 g/mol. The normalized spacial score (nSPS) is 12.6. The van der Waals surface area contributed by atoms with Crippen molar-refractivity contribution in [1.29, 1.82) is 0 Å². The number of nitrogens with zero attached hydrogens (tertiary/aromatic N) is 1. The topological polar surface area (TPSA) is 86.9 Å². The number of nitrogens with one attached hydrogen (secondary N) is 3. The van der Waals surface area contributed by atoms with Crippen LogP contribution in [0.15, 0.2) is 66.7 Å². The lowest BCUT2D eigenvalue weighted by Gasteiger charge is -2.07. The third-order valence-corrected chi connectivity index (χ3v) is 4.86. The molecule has 0 saturated carbocycles. The van der Waals surface area contributed by atoms with Crippen molar-refractivity contribution < 1.29 is 9.59 Å². The van der Waals surface area contributed by atoms with Crippen LogP contribution in [0.3, 0.4) is 0 Å². The van der Waals surface area contributed by atoms with Crippen molar-refractivity contribution in [2.24, 2.45) is 0 Å². The fourth-order valence-corrected chi connectivity index (χ4v) is 3.38. The Kier molecular flexibility index (Phi) is 3.69. The fourth-order valence-electron chi connectivity index (χ4n) is 3.38. The van der Waals surface area contributed by atoms with Gasteiger partial charge in [-0.15, -0.1) is 0 Å². The molecule has 1 aliphatic heterocycles. The van der Waals surface area contributed by atoms with Crippen molar-refractivity contribution in [2.45, 2.75) is 6.54 Å². The zero-order valence-electron chi connectivity index (χ0n) is 14.8. The van der Waals surface area contributed by atoms with Crippen LogP contribution in [0, 0.1) is 0 Å². The minimum atomic E-state index is -0.210. The highest BCUT2D eigenvalue weighted by Gasteiger charge is 2.20. The van der Waals surface area contributed by atoms with E-state index in [0.717, 1.165) is 28.0 Å². The Hall–Kier alpha value is -3.93. The summed E-state index contributed by atoms with van der Waals surface area (Å²) in [4.78, 5) is 32.0. The molecule has 2 heterocycles. The zero-order valence-corrected chi connectivity index (χ0v) is 14.8. The van der Waals surface area contributed by atoms with Crippen LogP contribution < -0.4 is 10.6 Å². The van der Waals surface area contributed by atoms with Gasteiger partial charge in [-0.3, -0.25) is 9.59 Å². The van der Waals surface area contributed by atoms with Crippen molar-refractivity contribution in [3.05, 3.63) is 83.4 Å². The molecule has 4 aromatic rings. The molecule has 1 aliphatic rings. The third-order valence-electron chi connectivity index (χ3n) is 4.86. The van der Waals surface area contributed by atoms with Gasteiger partial charge in [0.25, 0.3) is 11.8 Å². The van der Waals surface area contributed by atoms with Crippen LogP contribution in [0.5, 0.6) is 0 Å². The summed E-state index contributed by atoms with van der Waals surface area (Å²) in [5.41, 5.74) is 5.54. The highest BCUT2D eigenvalue weighted by Crippen LogP contribution is 2.23. The number of rotatable bonds is 3. The number of benzene rings is 3. The summed E-state index contributed by atoms with van der Waals surface area (Å²) in [6, 6.07) is 20.5. The van der Waals surface area contributed by atoms with E-state index in [4.69, 9.17) is 0 Å². The highest BCUT2D eigenvalue weighted by atomic mass is 16.2. The smallest absolute Gasteiger partial charge is 0.255 e. The second-order valence-corrected chi connectivity index (χ2v) is 6.69. The van der Waals surface area contributed by atoms with Gasteiger partial charge in [0.05, 0.1) is 11.0 Å². The van der Waals surface area contributed by atoms with Crippen molar-refractivity contribution >= 4 is 28.5 Å².